The number of carbonyl (C=O) groups excluding carboxylic acids is 1. The van der Waals surface area contributed by atoms with Gasteiger partial charge in [0.1, 0.15) is 0 Å². The zero-order chi connectivity index (χ0) is 12.8. The molecule has 1 amide bonds. The molecule has 2 aliphatic rings. The van der Waals surface area contributed by atoms with Gasteiger partial charge in [0.15, 0.2) is 0 Å². The number of carbonyl (C=O) groups is 1. The Labute approximate surface area is 110 Å². The van der Waals surface area contributed by atoms with E-state index in [0.29, 0.717) is 19.1 Å². The molecule has 104 valence electrons. The molecule has 1 unspecified atom stereocenters. The fraction of sp³-hybridized carbons (Fsp3) is 0.929. The highest BCUT2D eigenvalue weighted by Gasteiger charge is 2.29. The average Bonchev–Trinajstić information content (AvgIpc) is 2.86. The molecular weight excluding hydrogens is 228 g/mol. The van der Waals surface area contributed by atoms with Gasteiger partial charge in [-0.15, -0.1) is 0 Å². The van der Waals surface area contributed by atoms with Crippen LogP contribution in [0.5, 0.6) is 0 Å². The minimum Gasteiger partial charge on any atom is -0.384 e. The lowest BCUT2D eigenvalue weighted by Gasteiger charge is -2.31. The van der Waals surface area contributed by atoms with E-state index >= 15 is 0 Å². The van der Waals surface area contributed by atoms with Gasteiger partial charge in [-0.1, -0.05) is 19.3 Å². The van der Waals surface area contributed by atoms with Crippen LogP contribution in [0.25, 0.3) is 0 Å². The smallest absolute Gasteiger partial charge is 0.222 e. The molecule has 0 aromatic heterocycles. The van der Waals surface area contributed by atoms with Crippen molar-refractivity contribution in [3.8, 4) is 0 Å². The van der Waals surface area contributed by atoms with Gasteiger partial charge in [-0.2, -0.15) is 0 Å². The van der Waals surface area contributed by atoms with E-state index < -0.39 is 0 Å². The fourth-order valence-electron chi connectivity index (χ4n) is 3.18. The standard InChI is InChI=1S/C14H26N2O2/c1-18-10-8-14(17)15-12-7-9-16(11-12)13-5-3-2-4-6-13/h12-13H,2-11H2,1H3,(H,15,17). The van der Waals surface area contributed by atoms with Crippen LogP contribution in [-0.4, -0.2) is 49.7 Å². The Kier molecular flexibility index (Phi) is 5.45. The number of hydrogen-bond acceptors (Lipinski definition) is 3. The van der Waals surface area contributed by atoms with Gasteiger partial charge in [-0.3, -0.25) is 9.69 Å². The van der Waals surface area contributed by atoms with Crippen molar-refractivity contribution < 1.29 is 9.53 Å². The lowest BCUT2D eigenvalue weighted by molar-refractivity contribution is -0.122. The van der Waals surface area contributed by atoms with Crippen LogP contribution in [0.4, 0.5) is 0 Å². The van der Waals surface area contributed by atoms with E-state index in [1.54, 1.807) is 7.11 Å². The van der Waals surface area contributed by atoms with Crippen molar-refractivity contribution in [2.24, 2.45) is 0 Å². The quantitative estimate of drug-likeness (QED) is 0.809. The van der Waals surface area contributed by atoms with Crippen LogP contribution in [0.15, 0.2) is 0 Å². The summed E-state index contributed by atoms with van der Waals surface area (Å²) in [6.07, 6.45) is 8.46. The van der Waals surface area contributed by atoms with Crippen LogP contribution in [0.1, 0.15) is 44.9 Å². The van der Waals surface area contributed by atoms with Gasteiger partial charge >= 0.3 is 0 Å². The number of likely N-dealkylation sites (tertiary alicyclic amines) is 1. The molecule has 1 aliphatic heterocycles. The second kappa shape index (κ2) is 7.10. The monoisotopic (exact) mass is 254 g/mol. The SMILES string of the molecule is COCCC(=O)NC1CCN(C2CCCCC2)C1. The molecule has 1 atom stereocenters. The maximum absolute atomic E-state index is 11.6. The van der Waals surface area contributed by atoms with Crippen molar-refractivity contribution in [2.75, 3.05) is 26.8 Å². The molecule has 4 nitrogen and oxygen atoms in total. The van der Waals surface area contributed by atoms with E-state index in [4.69, 9.17) is 4.74 Å². The molecule has 1 saturated heterocycles. The van der Waals surface area contributed by atoms with E-state index in [0.717, 1.165) is 25.6 Å². The highest BCUT2D eigenvalue weighted by molar-refractivity contribution is 5.76. The van der Waals surface area contributed by atoms with Crippen molar-refractivity contribution in [3.63, 3.8) is 0 Å². The van der Waals surface area contributed by atoms with Crippen molar-refractivity contribution in [1.82, 2.24) is 10.2 Å². The summed E-state index contributed by atoms with van der Waals surface area (Å²) in [5, 5.41) is 3.12. The molecule has 1 N–H and O–H groups in total. The summed E-state index contributed by atoms with van der Waals surface area (Å²) in [6.45, 7) is 2.72. The first-order valence-corrected chi connectivity index (χ1v) is 7.32. The molecule has 0 spiro atoms. The Morgan fingerprint density at radius 2 is 2.06 bits per heavy atom. The van der Waals surface area contributed by atoms with E-state index in [1.165, 1.54) is 32.1 Å². The number of nitrogens with zero attached hydrogens (tertiary/aromatic N) is 1. The Balaban J connectivity index is 1.69. The van der Waals surface area contributed by atoms with Crippen molar-refractivity contribution in [1.29, 1.82) is 0 Å². The van der Waals surface area contributed by atoms with E-state index in [1.807, 2.05) is 0 Å². The molecule has 2 rings (SSSR count). The normalized spacial score (nSPS) is 26.4. The van der Waals surface area contributed by atoms with Crippen LogP contribution < -0.4 is 5.32 Å². The number of ether oxygens (including phenoxy) is 1. The molecule has 4 heteroatoms. The predicted octanol–water partition coefficient (Wildman–Crippen LogP) is 1.55. The largest absolute Gasteiger partial charge is 0.384 e. The second-order valence-corrected chi connectivity index (χ2v) is 5.58. The van der Waals surface area contributed by atoms with E-state index in [9.17, 15) is 4.79 Å². The average molecular weight is 254 g/mol. The molecule has 0 radical (unpaired) electrons. The maximum Gasteiger partial charge on any atom is 0.222 e. The third-order valence-corrected chi connectivity index (χ3v) is 4.21. The van der Waals surface area contributed by atoms with Crippen molar-refractivity contribution in [2.45, 2.75) is 57.0 Å². The Morgan fingerprint density at radius 3 is 2.78 bits per heavy atom. The van der Waals surface area contributed by atoms with Crippen LogP contribution in [0, 0.1) is 0 Å². The third-order valence-electron chi connectivity index (χ3n) is 4.21. The van der Waals surface area contributed by atoms with Gasteiger partial charge in [-0.25, -0.2) is 0 Å². The van der Waals surface area contributed by atoms with Gasteiger partial charge in [0, 0.05) is 38.7 Å². The number of rotatable bonds is 5. The summed E-state index contributed by atoms with van der Waals surface area (Å²) in [5.41, 5.74) is 0. The first-order valence-electron chi connectivity index (χ1n) is 7.32. The highest BCUT2D eigenvalue weighted by atomic mass is 16.5. The molecule has 0 aromatic carbocycles. The highest BCUT2D eigenvalue weighted by Crippen LogP contribution is 2.25. The summed E-state index contributed by atoms with van der Waals surface area (Å²) in [5.74, 6) is 0.132. The van der Waals surface area contributed by atoms with E-state index in [2.05, 4.69) is 10.2 Å². The van der Waals surface area contributed by atoms with Crippen LogP contribution >= 0.6 is 0 Å². The number of nitrogens with one attached hydrogen (secondary N) is 1. The van der Waals surface area contributed by atoms with E-state index in [-0.39, 0.29) is 5.91 Å². The molecule has 2 fully saturated rings. The topological polar surface area (TPSA) is 41.6 Å². The van der Waals surface area contributed by atoms with Crippen LogP contribution in [-0.2, 0) is 9.53 Å². The Hall–Kier alpha value is -0.610. The lowest BCUT2D eigenvalue weighted by Crippen LogP contribution is -2.40. The predicted molar refractivity (Wildman–Crippen MR) is 71.5 cm³/mol. The summed E-state index contributed by atoms with van der Waals surface area (Å²) < 4.78 is 4.92. The maximum atomic E-state index is 11.6. The summed E-state index contributed by atoms with van der Waals surface area (Å²) in [7, 11) is 1.63. The minimum atomic E-state index is 0.132. The zero-order valence-corrected chi connectivity index (χ0v) is 11.5. The molecule has 18 heavy (non-hydrogen) atoms. The molecule has 1 heterocycles. The minimum absolute atomic E-state index is 0.132. The van der Waals surface area contributed by atoms with Crippen molar-refractivity contribution >= 4 is 5.91 Å². The van der Waals surface area contributed by atoms with Gasteiger partial charge in [0.2, 0.25) is 5.91 Å². The lowest BCUT2D eigenvalue weighted by atomic mass is 9.94. The van der Waals surface area contributed by atoms with Crippen molar-refractivity contribution in [3.05, 3.63) is 0 Å². The molecule has 0 bridgehead atoms. The summed E-state index contributed by atoms with van der Waals surface area (Å²) in [6, 6.07) is 1.14. The van der Waals surface area contributed by atoms with Gasteiger partial charge < -0.3 is 10.1 Å². The van der Waals surface area contributed by atoms with Gasteiger partial charge in [0.05, 0.1) is 6.61 Å². The first-order chi connectivity index (χ1) is 8.79. The summed E-state index contributed by atoms with van der Waals surface area (Å²) in [4.78, 5) is 14.2. The van der Waals surface area contributed by atoms with Gasteiger partial charge in [-0.05, 0) is 19.3 Å². The zero-order valence-electron chi connectivity index (χ0n) is 11.5. The Morgan fingerprint density at radius 1 is 1.28 bits per heavy atom. The molecular formula is C14H26N2O2. The number of hydrogen-bond donors (Lipinski definition) is 1. The number of amides is 1. The first kappa shape index (κ1) is 13.8. The number of methoxy groups -OCH3 is 1. The van der Waals surface area contributed by atoms with Crippen LogP contribution in [0.2, 0.25) is 0 Å². The third kappa shape index (κ3) is 3.95. The van der Waals surface area contributed by atoms with Crippen LogP contribution in [0.3, 0.4) is 0 Å². The summed E-state index contributed by atoms with van der Waals surface area (Å²) >= 11 is 0. The molecule has 0 aromatic rings. The molecule has 1 aliphatic carbocycles. The fourth-order valence-corrected chi connectivity index (χ4v) is 3.18. The molecule has 1 saturated carbocycles. The van der Waals surface area contributed by atoms with Gasteiger partial charge in [0.25, 0.3) is 0 Å². The second-order valence-electron chi connectivity index (χ2n) is 5.58. The Bertz CT molecular complexity index is 265.